The Morgan fingerprint density at radius 2 is 2.28 bits per heavy atom. The summed E-state index contributed by atoms with van der Waals surface area (Å²) < 4.78 is 0. The Labute approximate surface area is 110 Å². The van der Waals surface area contributed by atoms with Crippen LogP contribution in [0, 0.1) is 10.1 Å². The third-order valence-corrected chi connectivity index (χ3v) is 3.12. The third-order valence-electron chi connectivity index (χ3n) is 2.43. The summed E-state index contributed by atoms with van der Waals surface area (Å²) in [7, 11) is 3.40. The van der Waals surface area contributed by atoms with Crippen molar-refractivity contribution in [1.82, 2.24) is 9.97 Å². The van der Waals surface area contributed by atoms with E-state index in [2.05, 4.69) is 15.3 Å². The number of thioether (sulfide) groups is 1. The number of aromatic nitrogens is 2. The lowest BCUT2D eigenvalue weighted by atomic mass is 10.3. The molecule has 100 valence electrons. The molecule has 0 amide bonds. The lowest BCUT2D eigenvalue weighted by molar-refractivity contribution is -0.383. The first kappa shape index (κ1) is 14.5. The number of nitrogens with one attached hydrogen (secondary N) is 1. The van der Waals surface area contributed by atoms with Crippen molar-refractivity contribution in [3.63, 3.8) is 0 Å². The van der Waals surface area contributed by atoms with Crippen molar-refractivity contribution in [1.29, 1.82) is 0 Å². The molecule has 0 spiro atoms. The molecule has 1 aromatic heterocycles. The Balaban J connectivity index is 2.96. The van der Waals surface area contributed by atoms with Gasteiger partial charge in [-0.05, 0) is 18.4 Å². The Morgan fingerprint density at radius 3 is 2.83 bits per heavy atom. The van der Waals surface area contributed by atoms with E-state index in [9.17, 15) is 10.1 Å². The van der Waals surface area contributed by atoms with E-state index in [-0.39, 0.29) is 11.5 Å². The van der Waals surface area contributed by atoms with E-state index < -0.39 is 4.92 Å². The average Bonchev–Trinajstić information content (AvgIpc) is 2.37. The topological polar surface area (TPSA) is 84.2 Å². The molecule has 0 aromatic carbocycles. The molecule has 7 nitrogen and oxygen atoms in total. The zero-order valence-corrected chi connectivity index (χ0v) is 11.5. The molecular formula is C10H17N5O2S. The van der Waals surface area contributed by atoms with Crippen LogP contribution in [0.5, 0.6) is 0 Å². The molecule has 1 N–H and O–H groups in total. The van der Waals surface area contributed by atoms with Gasteiger partial charge in [-0.2, -0.15) is 11.8 Å². The van der Waals surface area contributed by atoms with Crippen LogP contribution in [0.1, 0.15) is 6.42 Å². The summed E-state index contributed by atoms with van der Waals surface area (Å²) in [5, 5.41) is 13.8. The zero-order chi connectivity index (χ0) is 13.5. The first-order valence-electron chi connectivity index (χ1n) is 5.49. The van der Waals surface area contributed by atoms with Crippen LogP contribution in [-0.4, -0.2) is 47.5 Å². The van der Waals surface area contributed by atoms with Crippen molar-refractivity contribution in [2.45, 2.75) is 6.42 Å². The van der Waals surface area contributed by atoms with Gasteiger partial charge < -0.3 is 10.2 Å². The number of rotatable bonds is 7. The molecule has 0 saturated carbocycles. The van der Waals surface area contributed by atoms with Crippen molar-refractivity contribution < 1.29 is 4.92 Å². The van der Waals surface area contributed by atoms with Crippen LogP contribution in [0.4, 0.5) is 17.3 Å². The predicted molar refractivity (Wildman–Crippen MR) is 74.5 cm³/mol. The minimum atomic E-state index is -0.452. The SMILES string of the molecule is CNc1ncnc(N(C)CCCSC)c1[N+](=O)[O-]. The zero-order valence-electron chi connectivity index (χ0n) is 10.7. The molecule has 0 saturated heterocycles. The lowest BCUT2D eigenvalue weighted by Gasteiger charge is -2.18. The molecule has 1 rings (SSSR count). The largest absolute Gasteiger partial charge is 0.367 e. The quantitative estimate of drug-likeness (QED) is 0.458. The van der Waals surface area contributed by atoms with Gasteiger partial charge in [0.05, 0.1) is 4.92 Å². The summed E-state index contributed by atoms with van der Waals surface area (Å²) in [6.45, 7) is 0.724. The van der Waals surface area contributed by atoms with E-state index in [4.69, 9.17) is 0 Å². The van der Waals surface area contributed by atoms with E-state index in [1.165, 1.54) is 6.33 Å². The molecule has 8 heteroatoms. The molecule has 0 bridgehead atoms. The van der Waals surface area contributed by atoms with Gasteiger partial charge in [-0.1, -0.05) is 0 Å². The fourth-order valence-corrected chi connectivity index (χ4v) is 1.97. The third kappa shape index (κ3) is 3.46. The van der Waals surface area contributed by atoms with Crippen LogP contribution < -0.4 is 10.2 Å². The second-order valence-electron chi connectivity index (χ2n) is 3.67. The lowest BCUT2D eigenvalue weighted by Crippen LogP contribution is -2.22. The summed E-state index contributed by atoms with van der Waals surface area (Å²) in [4.78, 5) is 20.3. The first-order valence-corrected chi connectivity index (χ1v) is 6.88. The Hall–Kier alpha value is -1.57. The minimum Gasteiger partial charge on any atom is -0.367 e. The smallest absolute Gasteiger partial charge is 0.353 e. The minimum absolute atomic E-state index is 0.0772. The highest BCUT2D eigenvalue weighted by molar-refractivity contribution is 7.98. The van der Waals surface area contributed by atoms with E-state index in [0.717, 1.165) is 18.7 Å². The second kappa shape index (κ2) is 7.00. The van der Waals surface area contributed by atoms with Crippen molar-refractivity contribution in [2.75, 3.05) is 42.9 Å². The van der Waals surface area contributed by atoms with Crippen LogP contribution in [0.3, 0.4) is 0 Å². The van der Waals surface area contributed by atoms with Gasteiger partial charge in [-0.15, -0.1) is 0 Å². The molecule has 0 fully saturated rings. The first-order chi connectivity index (χ1) is 8.61. The Morgan fingerprint density at radius 1 is 1.56 bits per heavy atom. The summed E-state index contributed by atoms with van der Waals surface area (Å²) in [6, 6.07) is 0. The van der Waals surface area contributed by atoms with Crippen LogP contribution in [0.25, 0.3) is 0 Å². The number of hydrogen-bond acceptors (Lipinski definition) is 7. The van der Waals surface area contributed by atoms with Crippen molar-refractivity contribution in [2.24, 2.45) is 0 Å². The van der Waals surface area contributed by atoms with Gasteiger partial charge in [0.1, 0.15) is 6.33 Å². The Bertz CT molecular complexity index is 415. The van der Waals surface area contributed by atoms with E-state index in [1.807, 2.05) is 6.26 Å². The van der Waals surface area contributed by atoms with Crippen LogP contribution in [0.15, 0.2) is 6.33 Å². The van der Waals surface area contributed by atoms with Crippen molar-refractivity contribution in [3.8, 4) is 0 Å². The predicted octanol–water partition coefficient (Wildman–Crippen LogP) is 1.62. The molecule has 18 heavy (non-hydrogen) atoms. The number of hydrogen-bond donors (Lipinski definition) is 1. The van der Waals surface area contributed by atoms with Gasteiger partial charge in [0.2, 0.25) is 11.6 Å². The molecule has 0 unspecified atom stereocenters. The number of nitrogens with zero attached hydrogens (tertiary/aromatic N) is 4. The van der Waals surface area contributed by atoms with Crippen LogP contribution in [-0.2, 0) is 0 Å². The van der Waals surface area contributed by atoms with Crippen molar-refractivity contribution >= 4 is 29.1 Å². The van der Waals surface area contributed by atoms with Gasteiger partial charge in [0.15, 0.2) is 0 Å². The maximum atomic E-state index is 11.1. The number of nitro groups is 1. The van der Waals surface area contributed by atoms with Gasteiger partial charge in [0.25, 0.3) is 0 Å². The molecular weight excluding hydrogens is 254 g/mol. The molecule has 0 aliphatic rings. The summed E-state index contributed by atoms with van der Waals surface area (Å²) in [6.07, 6.45) is 4.32. The fourth-order valence-electron chi connectivity index (χ4n) is 1.55. The van der Waals surface area contributed by atoms with Gasteiger partial charge in [-0.3, -0.25) is 10.1 Å². The Kier molecular flexibility index (Phi) is 5.63. The highest BCUT2D eigenvalue weighted by Crippen LogP contribution is 2.30. The van der Waals surface area contributed by atoms with E-state index in [1.54, 1.807) is 30.8 Å². The molecule has 0 atom stereocenters. The molecule has 0 aliphatic carbocycles. The number of anilines is 2. The van der Waals surface area contributed by atoms with Gasteiger partial charge in [-0.25, -0.2) is 9.97 Å². The normalized spacial score (nSPS) is 10.2. The summed E-state index contributed by atoms with van der Waals surface area (Å²) in [5.41, 5.74) is -0.0772. The fraction of sp³-hybridized carbons (Fsp3) is 0.600. The highest BCUT2D eigenvalue weighted by Gasteiger charge is 2.24. The summed E-state index contributed by atoms with van der Waals surface area (Å²) in [5.74, 6) is 1.60. The van der Waals surface area contributed by atoms with E-state index >= 15 is 0 Å². The maximum Gasteiger partial charge on any atom is 0.353 e. The molecule has 1 heterocycles. The molecule has 1 aromatic rings. The monoisotopic (exact) mass is 271 g/mol. The standard InChI is InChI=1S/C10H17N5O2S/c1-11-9-8(15(16)17)10(13-7-12-9)14(2)5-4-6-18-3/h7H,4-6H2,1-3H3,(H,11,12,13). The van der Waals surface area contributed by atoms with Gasteiger partial charge in [0, 0.05) is 20.6 Å². The maximum absolute atomic E-state index is 11.1. The van der Waals surface area contributed by atoms with Gasteiger partial charge >= 0.3 is 5.69 Å². The van der Waals surface area contributed by atoms with Crippen molar-refractivity contribution in [3.05, 3.63) is 16.4 Å². The highest BCUT2D eigenvalue weighted by atomic mass is 32.2. The second-order valence-corrected chi connectivity index (χ2v) is 4.66. The average molecular weight is 271 g/mol. The van der Waals surface area contributed by atoms with Crippen LogP contribution in [0.2, 0.25) is 0 Å². The molecule has 0 radical (unpaired) electrons. The van der Waals surface area contributed by atoms with E-state index in [0.29, 0.717) is 5.82 Å². The molecule has 0 aliphatic heterocycles. The summed E-state index contributed by atoms with van der Waals surface area (Å²) >= 11 is 1.75. The van der Waals surface area contributed by atoms with Crippen LogP contribution >= 0.6 is 11.8 Å².